The van der Waals surface area contributed by atoms with Crippen LogP contribution in [0.25, 0.3) is 11.1 Å². The number of nitrogens with zero attached hydrogens (tertiary/aromatic N) is 3. The van der Waals surface area contributed by atoms with Crippen LogP contribution in [0, 0.1) is 13.8 Å². The van der Waals surface area contributed by atoms with E-state index in [1.54, 1.807) is 6.20 Å². The summed E-state index contributed by atoms with van der Waals surface area (Å²) in [6.07, 6.45) is 1.79. The minimum absolute atomic E-state index is 0.527. The number of aryl methyl sites for hydroxylation is 1. The van der Waals surface area contributed by atoms with Crippen LogP contribution in [0.5, 0.6) is 0 Å². The average Bonchev–Trinajstić information content (AvgIpc) is 2.77. The first-order chi connectivity index (χ1) is 10.5. The molecule has 3 aromatic rings. The molecular formula is C17H17BN4. The van der Waals surface area contributed by atoms with Crippen molar-refractivity contribution < 1.29 is 0 Å². The van der Waals surface area contributed by atoms with Gasteiger partial charge in [-0.2, -0.15) is 5.10 Å². The Morgan fingerprint density at radius 2 is 1.82 bits per heavy atom. The normalized spacial score (nSPS) is 10.8. The molecule has 2 aromatic heterocycles. The Morgan fingerprint density at radius 3 is 2.45 bits per heavy atom. The molecule has 5 heteroatoms. The zero-order chi connectivity index (χ0) is 15.7. The molecule has 2 radical (unpaired) electrons. The molecule has 22 heavy (non-hydrogen) atoms. The van der Waals surface area contributed by atoms with Crippen molar-refractivity contribution in [1.29, 1.82) is 0 Å². The van der Waals surface area contributed by atoms with Crippen LogP contribution in [-0.2, 0) is 6.54 Å². The summed E-state index contributed by atoms with van der Waals surface area (Å²) >= 11 is 0. The lowest BCUT2D eigenvalue weighted by atomic mass is 10.0. The van der Waals surface area contributed by atoms with Gasteiger partial charge in [-0.15, -0.1) is 0 Å². The highest BCUT2D eigenvalue weighted by Gasteiger charge is 2.13. The molecule has 0 amide bonds. The van der Waals surface area contributed by atoms with Gasteiger partial charge in [0.15, 0.2) is 0 Å². The van der Waals surface area contributed by atoms with E-state index in [1.807, 2.05) is 48.0 Å². The molecule has 108 valence electrons. The Morgan fingerprint density at radius 1 is 1.09 bits per heavy atom. The molecule has 0 unspecified atom stereocenters. The van der Waals surface area contributed by atoms with Crippen molar-refractivity contribution in [2.24, 2.45) is 0 Å². The third kappa shape index (κ3) is 2.75. The van der Waals surface area contributed by atoms with Crippen LogP contribution in [0.15, 0.2) is 42.6 Å². The molecule has 1 aromatic carbocycles. The molecule has 0 fully saturated rings. The second kappa shape index (κ2) is 5.68. The number of hydrogen-bond donors (Lipinski definition) is 1. The third-order valence-corrected chi connectivity index (χ3v) is 3.76. The quantitative estimate of drug-likeness (QED) is 0.592. The van der Waals surface area contributed by atoms with Crippen molar-refractivity contribution in [1.82, 2.24) is 14.8 Å². The van der Waals surface area contributed by atoms with Crippen LogP contribution in [0.4, 0.5) is 5.69 Å². The number of hydrogen-bond acceptors (Lipinski definition) is 3. The molecule has 0 spiro atoms. The molecule has 0 aliphatic carbocycles. The minimum Gasteiger partial charge on any atom is -0.399 e. The van der Waals surface area contributed by atoms with Crippen molar-refractivity contribution in [2.45, 2.75) is 20.4 Å². The summed E-state index contributed by atoms with van der Waals surface area (Å²) in [6.45, 7) is 4.78. The van der Waals surface area contributed by atoms with E-state index in [1.165, 1.54) is 0 Å². The summed E-state index contributed by atoms with van der Waals surface area (Å²) in [5, 5.41) is 4.65. The zero-order valence-electron chi connectivity index (χ0n) is 12.7. The fraction of sp³-hybridized carbons (Fsp3) is 0.176. The van der Waals surface area contributed by atoms with E-state index in [-0.39, 0.29) is 0 Å². The number of aromatic nitrogens is 3. The van der Waals surface area contributed by atoms with Crippen molar-refractivity contribution in [2.75, 3.05) is 5.73 Å². The second-order valence-electron chi connectivity index (χ2n) is 5.42. The largest absolute Gasteiger partial charge is 0.399 e. The fourth-order valence-electron chi connectivity index (χ4n) is 2.62. The topological polar surface area (TPSA) is 56.7 Å². The average molecular weight is 288 g/mol. The van der Waals surface area contributed by atoms with Gasteiger partial charge in [-0.05, 0) is 42.7 Å². The minimum atomic E-state index is 0.527. The molecule has 0 atom stereocenters. The molecule has 0 saturated carbocycles. The van der Waals surface area contributed by atoms with Gasteiger partial charge >= 0.3 is 0 Å². The van der Waals surface area contributed by atoms with Crippen LogP contribution in [0.3, 0.4) is 0 Å². The van der Waals surface area contributed by atoms with E-state index in [9.17, 15) is 0 Å². The van der Waals surface area contributed by atoms with E-state index in [2.05, 4.69) is 17.0 Å². The number of benzene rings is 1. The van der Waals surface area contributed by atoms with E-state index in [0.29, 0.717) is 12.1 Å². The Kier molecular flexibility index (Phi) is 3.71. The molecule has 2 N–H and O–H groups in total. The highest BCUT2D eigenvalue weighted by atomic mass is 15.3. The van der Waals surface area contributed by atoms with Crippen LogP contribution >= 0.6 is 0 Å². The van der Waals surface area contributed by atoms with Gasteiger partial charge in [-0.1, -0.05) is 24.3 Å². The molecular weight excluding hydrogens is 271 g/mol. The lowest BCUT2D eigenvalue weighted by Gasteiger charge is -2.06. The predicted molar refractivity (Wildman–Crippen MR) is 90.3 cm³/mol. The summed E-state index contributed by atoms with van der Waals surface area (Å²) < 4.78 is 1.99. The van der Waals surface area contributed by atoms with Crippen LogP contribution in [-0.4, -0.2) is 22.6 Å². The third-order valence-electron chi connectivity index (χ3n) is 3.76. The van der Waals surface area contributed by atoms with Crippen molar-refractivity contribution in [3.8, 4) is 11.1 Å². The maximum Gasteiger partial charge on any atom is 0.141 e. The number of rotatable bonds is 3. The van der Waals surface area contributed by atoms with Gasteiger partial charge in [0.1, 0.15) is 7.85 Å². The second-order valence-corrected chi connectivity index (χ2v) is 5.42. The Hall–Kier alpha value is -2.56. The maximum atomic E-state index is 5.76. The van der Waals surface area contributed by atoms with E-state index >= 15 is 0 Å². The molecule has 0 aliphatic heterocycles. The highest BCUT2D eigenvalue weighted by molar-refractivity contribution is 6.30. The van der Waals surface area contributed by atoms with Gasteiger partial charge < -0.3 is 5.73 Å². The van der Waals surface area contributed by atoms with Gasteiger partial charge in [0.05, 0.1) is 12.2 Å². The predicted octanol–water partition coefficient (Wildman–Crippen LogP) is 1.99. The van der Waals surface area contributed by atoms with E-state index in [0.717, 1.165) is 33.8 Å². The molecule has 4 nitrogen and oxygen atoms in total. The Bertz CT molecular complexity index is 789. The van der Waals surface area contributed by atoms with E-state index < -0.39 is 0 Å². The number of pyridine rings is 1. The molecule has 0 saturated heterocycles. The van der Waals surface area contributed by atoms with Crippen molar-refractivity contribution >= 4 is 19.1 Å². The van der Waals surface area contributed by atoms with Crippen LogP contribution in [0.1, 0.15) is 17.0 Å². The van der Waals surface area contributed by atoms with Gasteiger partial charge in [0, 0.05) is 23.1 Å². The van der Waals surface area contributed by atoms with Gasteiger partial charge in [-0.25, -0.2) is 0 Å². The molecule has 3 rings (SSSR count). The van der Waals surface area contributed by atoms with Gasteiger partial charge in [0.25, 0.3) is 0 Å². The summed E-state index contributed by atoms with van der Waals surface area (Å²) in [6, 6.07) is 11.7. The van der Waals surface area contributed by atoms with Crippen LogP contribution < -0.4 is 11.3 Å². The summed E-state index contributed by atoms with van der Waals surface area (Å²) in [5.41, 5.74) is 12.5. The summed E-state index contributed by atoms with van der Waals surface area (Å²) in [7, 11) is 5.62. The first-order valence-electron chi connectivity index (χ1n) is 7.15. The summed E-state index contributed by atoms with van der Waals surface area (Å²) in [5.74, 6) is 0. The van der Waals surface area contributed by atoms with Crippen LogP contribution in [0.2, 0.25) is 0 Å². The lowest BCUT2D eigenvalue weighted by Crippen LogP contribution is -2.10. The Balaban J connectivity index is 1.96. The Labute approximate surface area is 131 Å². The maximum absolute atomic E-state index is 5.76. The number of anilines is 1. The number of nitrogens with two attached hydrogens (primary N) is 1. The monoisotopic (exact) mass is 288 g/mol. The number of nitrogen functional groups attached to an aromatic ring is 1. The summed E-state index contributed by atoms with van der Waals surface area (Å²) in [4.78, 5) is 4.12. The highest BCUT2D eigenvalue weighted by Crippen LogP contribution is 2.27. The molecule has 2 heterocycles. The van der Waals surface area contributed by atoms with Crippen molar-refractivity contribution in [3.63, 3.8) is 0 Å². The molecule has 0 aliphatic rings. The lowest BCUT2D eigenvalue weighted by molar-refractivity contribution is 0.658. The van der Waals surface area contributed by atoms with Crippen molar-refractivity contribution in [3.05, 3.63) is 59.5 Å². The van der Waals surface area contributed by atoms with Gasteiger partial charge in [0.2, 0.25) is 0 Å². The van der Waals surface area contributed by atoms with E-state index in [4.69, 9.17) is 13.6 Å². The smallest absolute Gasteiger partial charge is 0.141 e. The first kappa shape index (κ1) is 14.4. The SMILES string of the molecule is [B]c1ccc(Cn2nc(C)c(-c3ccc(N)cc3)c2C)cn1. The zero-order valence-corrected chi connectivity index (χ0v) is 12.7. The van der Waals surface area contributed by atoms with Gasteiger partial charge in [-0.3, -0.25) is 9.67 Å². The molecule has 0 bridgehead atoms. The standard InChI is InChI=1S/C17H17BN4/c1-11-17(14-4-6-15(19)7-5-14)12(2)22(21-11)10-13-3-8-16(18)20-9-13/h3-9H,10,19H2,1-2H3. The first-order valence-corrected chi connectivity index (χ1v) is 7.15. The fourth-order valence-corrected chi connectivity index (χ4v) is 2.62.